The van der Waals surface area contributed by atoms with Gasteiger partial charge in [-0.3, -0.25) is 0 Å². The highest BCUT2D eigenvalue weighted by molar-refractivity contribution is 7.10. The fourth-order valence-electron chi connectivity index (χ4n) is 4.06. The van der Waals surface area contributed by atoms with Crippen molar-refractivity contribution in [3.05, 3.63) is 68.0 Å². The van der Waals surface area contributed by atoms with Gasteiger partial charge in [0.15, 0.2) is 0 Å². The average Bonchev–Trinajstić information content (AvgIpc) is 3.12. The number of aromatic nitrogens is 1. The molecule has 4 heteroatoms. The smallest absolute Gasteiger partial charge is 0.0976 e. The molecule has 0 spiro atoms. The van der Waals surface area contributed by atoms with Gasteiger partial charge in [-0.1, -0.05) is 44.5 Å². The van der Waals surface area contributed by atoms with E-state index in [0.717, 1.165) is 17.1 Å². The highest BCUT2D eigenvalue weighted by Gasteiger charge is 2.21. The van der Waals surface area contributed by atoms with Crippen LogP contribution in [-0.4, -0.2) is 4.98 Å². The fourth-order valence-corrected chi connectivity index (χ4v) is 5.07. The second-order valence-electron chi connectivity index (χ2n) is 8.77. The summed E-state index contributed by atoms with van der Waals surface area (Å²) in [5.74, 6) is 0. The van der Waals surface area contributed by atoms with Gasteiger partial charge in [-0.25, -0.2) is 4.98 Å². The molecule has 1 aliphatic carbocycles. The largest absolute Gasteiger partial charge is 0.398 e. The van der Waals surface area contributed by atoms with Gasteiger partial charge in [0, 0.05) is 17.4 Å². The van der Waals surface area contributed by atoms with Crippen LogP contribution in [0.25, 0.3) is 11.3 Å². The molecule has 146 valence electrons. The molecule has 0 radical (unpaired) electrons. The van der Waals surface area contributed by atoms with Crippen LogP contribution < -0.4 is 5.73 Å². The SMILES string of the molecule is CC(C)(C)c1cc(N)c(Cl)cc1Cc1nc(-c2ccc3c(c2)CCCC3)cs1. The number of hydrogen-bond donors (Lipinski definition) is 1. The molecule has 0 unspecified atom stereocenters. The normalized spacial score (nSPS) is 14.1. The van der Waals surface area contributed by atoms with Gasteiger partial charge in [-0.2, -0.15) is 0 Å². The summed E-state index contributed by atoms with van der Waals surface area (Å²) in [4.78, 5) is 4.94. The van der Waals surface area contributed by atoms with Crippen LogP contribution in [0, 0.1) is 0 Å². The molecule has 4 rings (SSSR count). The van der Waals surface area contributed by atoms with Crippen LogP contribution in [-0.2, 0) is 24.7 Å². The van der Waals surface area contributed by atoms with Crippen molar-refractivity contribution in [2.45, 2.75) is 58.3 Å². The minimum absolute atomic E-state index is 0.00657. The lowest BCUT2D eigenvalue weighted by Crippen LogP contribution is -2.15. The summed E-state index contributed by atoms with van der Waals surface area (Å²) in [6.07, 6.45) is 5.80. The standard InChI is InChI=1S/C24H27ClN2S/c1-24(2,3)19-13-21(26)20(25)11-18(19)12-23-27-22(14-28-23)17-9-8-15-6-4-5-7-16(15)10-17/h8-11,13-14H,4-7,12,26H2,1-3H3. The molecular formula is C24H27ClN2S. The Bertz CT molecular complexity index is 1010. The molecule has 0 atom stereocenters. The van der Waals surface area contributed by atoms with Crippen LogP contribution in [0.5, 0.6) is 0 Å². The fraction of sp³-hybridized carbons (Fsp3) is 0.375. The number of halogens is 1. The zero-order valence-electron chi connectivity index (χ0n) is 16.8. The molecule has 0 amide bonds. The van der Waals surface area contributed by atoms with Crippen molar-refractivity contribution in [3.63, 3.8) is 0 Å². The maximum atomic E-state index is 6.33. The van der Waals surface area contributed by atoms with Crippen molar-refractivity contribution >= 4 is 28.6 Å². The lowest BCUT2D eigenvalue weighted by molar-refractivity contribution is 0.584. The molecule has 1 heterocycles. The number of anilines is 1. The van der Waals surface area contributed by atoms with E-state index in [-0.39, 0.29) is 5.41 Å². The minimum Gasteiger partial charge on any atom is -0.398 e. The van der Waals surface area contributed by atoms with E-state index in [1.165, 1.54) is 53.5 Å². The third kappa shape index (κ3) is 3.97. The molecule has 0 saturated carbocycles. The lowest BCUT2D eigenvalue weighted by atomic mass is 9.82. The Morgan fingerprint density at radius 2 is 1.82 bits per heavy atom. The number of fused-ring (bicyclic) bond motifs is 1. The third-order valence-corrected chi connectivity index (χ3v) is 6.74. The Morgan fingerprint density at radius 1 is 1.07 bits per heavy atom. The summed E-state index contributed by atoms with van der Waals surface area (Å²) in [5, 5.41) is 3.91. The number of nitrogens with zero attached hydrogens (tertiary/aromatic N) is 1. The van der Waals surface area contributed by atoms with Crippen LogP contribution >= 0.6 is 22.9 Å². The predicted octanol–water partition coefficient (Wildman–Crippen LogP) is 6.81. The summed E-state index contributed by atoms with van der Waals surface area (Å²) >= 11 is 8.05. The molecule has 0 saturated heterocycles. The Balaban J connectivity index is 1.63. The summed E-state index contributed by atoms with van der Waals surface area (Å²) in [6, 6.07) is 10.9. The number of nitrogen functional groups attached to an aromatic ring is 1. The van der Waals surface area contributed by atoms with Crippen LogP contribution in [0.4, 0.5) is 5.69 Å². The van der Waals surface area contributed by atoms with Crippen molar-refractivity contribution in [1.29, 1.82) is 0 Å². The van der Waals surface area contributed by atoms with Gasteiger partial charge in [-0.05, 0) is 71.6 Å². The van der Waals surface area contributed by atoms with E-state index in [1.807, 2.05) is 12.1 Å². The first-order valence-corrected chi connectivity index (χ1v) is 11.2. The zero-order chi connectivity index (χ0) is 19.9. The Labute approximate surface area is 176 Å². The number of aryl methyl sites for hydroxylation is 2. The highest BCUT2D eigenvalue weighted by Crippen LogP contribution is 2.34. The molecule has 1 aromatic heterocycles. The van der Waals surface area contributed by atoms with E-state index < -0.39 is 0 Å². The van der Waals surface area contributed by atoms with Crippen LogP contribution in [0.2, 0.25) is 5.02 Å². The maximum Gasteiger partial charge on any atom is 0.0976 e. The van der Waals surface area contributed by atoms with Gasteiger partial charge >= 0.3 is 0 Å². The van der Waals surface area contributed by atoms with Gasteiger partial charge in [0.2, 0.25) is 0 Å². The molecule has 2 aromatic carbocycles. The number of benzene rings is 2. The number of rotatable bonds is 3. The molecule has 0 aliphatic heterocycles. The third-order valence-electron chi connectivity index (χ3n) is 5.57. The zero-order valence-corrected chi connectivity index (χ0v) is 18.4. The number of nitrogens with two attached hydrogens (primary N) is 1. The van der Waals surface area contributed by atoms with Gasteiger partial charge in [0.25, 0.3) is 0 Å². The summed E-state index contributed by atoms with van der Waals surface area (Å²) < 4.78 is 0. The Morgan fingerprint density at radius 3 is 2.57 bits per heavy atom. The predicted molar refractivity (Wildman–Crippen MR) is 122 cm³/mol. The Hall–Kier alpha value is -1.84. The van der Waals surface area contributed by atoms with Crippen molar-refractivity contribution in [1.82, 2.24) is 4.98 Å². The van der Waals surface area contributed by atoms with Crippen LogP contribution in [0.15, 0.2) is 35.7 Å². The molecular weight excluding hydrogens is 384 g/mol. The summed E-state index contributed by atoms with van der Waals surface area (Å²) in [7, 11) is 0. The second-order valence-corrected chi connectivity index (χ2v) is 10.1. The van der Waals surface area contributed by atoms with Crippen molar-refractivity contribution < 1.29 is 0 Å². The first kappa shape index (κ1) is 19.5. The molecule has 0 fully saturated rings. The summed E-state index contributed by atoms with van der Waals surface area (Å²) in [5.41, 5.74) is 14.5. The van der Waals surface area contributed by atoms with Gasteiger partial charge in [0.05, 0.1) is 21.4 Å². The maximum absolute atomic E-state index is 6.33. The van der Waals surface area contributed by atoms with Gasteiger partial charge in [0.1, 0.15) is 0 Å². The average molecular weight is 411 g/mol. The van der Waals surface area contributed by atoms with E-state index in [2.05, 4.69) is 44.4 Å². The number of thiazole rings is 1. The minimum atomic E-state index is 0.00657. The first-order valence-electron chi connectivity index (χ1n) is 9.96. The molecule has 0 bridgehead atoms. The highest BCUT2D eigenvalue weighted by atomic mass is 35.5. The first-order chi connectivity index (χ1) is 13.3. The molecule has 3 aromatic rings. The lowest BCUT2D eigenvalue weighted by Gasteiger charge is -2.23. The van der Waals surface area contributed by atoms with Gasteiger partial charge < -0.3 is 5.73 Å². The van der Waals surface area contributed by atoms with E-state index in [0.29, 0.717) is 10.7 Å². The summed E-state index contributed by atoms with van der Waals surface area (Å²) in [6.45, 7) is 6.62. The quantitative estimate of drug-likeness (QED) is 0.481. The monoisotopic (exact) mass is 410 g/mol. The molecule has 2 N–H and O–H groups in total. The van der Waals surface area contributed by atoms with E-state index in [1.54, 1.807) is 11.3 Å². The number of hydrogen-bond acceptors (Lipinski definition) is 3. The van der Waals surface area contributed by atoms with Crippen LogP contribution in [0.3, 0.4) is 0 Å². The van der Waals surface area contributed by atoms with E-state index >= 15 is 0 Å². The van der Waals surface area contributed by atoms with E-state index in [9.17, 15) is 0 Å². The van der Waals surface area contributed by atoms with Crippen molar-refractivity contribution in [3.8, 4) is 11.3 Å². The van der Waals surface area contributed by atoms with Crippen molar-refractivity contribution in [2.24, 2.45) is 0 Å². The molecule has 28 heavy (non-hydrogen) atoms. The second kappa shape index (κ2) is 7.53. The Kier molecular flexibility index (Phi) is 5.24. The van der Waals surface area contributed by atoms with Crippen LogP contribution in [0.1, 0.15) is 60.9 Å². The molecule has 1 aliphatic rings. The van der Waals surface area contributed by atoms with Crippen molar-refractivity contribution in [2.75, 3.05) is 5.73 Å². The van der Waals surface area contributed by atoms with Gasteiger partial charge in [-0.15, -0.1) is 11.3 Å². The molecule has 2 nitrogen and oxygen atoms in total. The topological polar surface area (TPSA) is 38.9 Å². The van der Waals surface area contributed by atoms with E-state index in [4.69, 9.17) is 22.3 Å².